The number of carboxylic acids is 1. The Labute approximate surface area is 96.3 Å². The van der Waals surface area contributed by atoms with Crippen LogP contribution < -0.4 is 0 Å². The zero-order chi connectivity index (χ0) is 11.7. The van der Waals surface area contributed by atoms with E-state index in [4.69, 9.17) is 5.11 Å². The van der Waals surface area contributed by atoms with Crippen molar-refractivity contribution in [1.82, 2.24) is 0 Å². The molecule has 1 unspecified atom stereocenters. The van der Waals surface area contributed by atoms with Crippen LogP contribution in [0, 0.1) is 12.8 Å². The van der Waals surface area contributed by atoms with Gasteiger partial charge in [-0.25, -0.2) is 0 Å². The van der Waals surface area contributed by atoms with Crippen LogP contribution in [-0.2, 0) is 24.1 Å². The van der Waals surface area contributed by atoms with Crippen LogP contribution in [0.4, 0.5) is 0 Å². The molecule has 2 nitrogen and oxygen atoms in total. The summed E-state index contributed by atoms with van der Waals surface area (Å²) >= 11 is 0. The van der Waals surface area contributed by atoms with Crippen molar-refractivity contribution in [3.05, 3.63) is 34.4 Å². The zero-order valence-corrected chi connectivity index (χ0v) is 9.92. The SMILES string of the molecule is Cc1ccc(CC(C)C(=O)O)c2c1CCC2. The van der Waals surface area contributed by atoms with E-state index in [-0.39, 0.29) is 5.92 Å². The lowest BCUT2D eigenvalue weighted by molar-refractivity contribution is -0.141. The summed E-state index contributed by atoms with van der Waals surface area (Å²) in [5.74, 6) is -0.986. The van der Waals surface area contributed by atoms with Crippen molar-refractivity contribution in [3.8, 4) is 0 Å². The van der Waals surface area contributed by atoms with Crippen LogP contribution in [0.15, 0.2) is 12.1 Å². The van der Waals surface area contributed by atoms with Crippen LogP contribution in [0.2, 0.25) is 0 Å². The smallest absolute Gasteiger partial charge is 0.306 e. The van der Waals surface area contributed by atoms with Gasteiger partial charge in [-0.05, 0) is 54.9 Å². The number of hydrogen-bond acceptors (Lipinski definition) is 1. The van der Waals surface area contributed by atoms with E-state index in [1.807, 2.05) is 0 Å². The molecule has 1 aromatic rings. The molecule has 0 aromatic heterocycles. The summed E-state index contributed by atoms with van der Waals surface area (Å²) in [7, 11) is 0. The highest BCUT2D eigenvalue weighted by atomic mass is 16.4. The van der Waals surface area contributed by atoms with Gasteiger partial charge in [-0.3, -0.25) is 4.79 Å². The molecule has 0 heterocycles. The molecule has 0 saturated carbocycles. The van der Waals surface area contributed by atoms with Crippen molar-refractivity contribution in [2.24, 2.45) is 5.92 Å². The lowest BCUT2D eigenvalue weighted by atomic mass is 9.93. The Balaban J connectivity index is 2.29. The number of carboxylic acid groups (broad SMARTS) is 1. The summed E-state index contributed by atoms with van der Waals surface area (Å²) in [5.41, 5.74) is 5.50. The lowest BCUT2D eigenvalue weighted by Gasteiger charge is -2.13. The minimum Gasteiger partial charge on any atom is -0.481 e. The van der Waals surface area contributed by atoms with E-state index in [9.17, 15) is 4.79 Å². The van der Waals surface area contributed by atoms with Crippen LogP contribution in [0.5, 0.6) is 0 Å². The summed E-state index contributed by atoms with van der Waals surface area (Å²) in [6.07, 6.45) is 4.17. The molecule has 2 rings (SSSR count). The number of hydrogen-bond donors (Lipinski definition) is 1. The molecule has 0 aliphatic heterocycles. The highest BCUT2D eigenvalue weighted by Gasteiger charge is 2.19. The number of rotatable bonds is 3. The monoisotopic (exact) mass is 218 g/mol. The van der Waals surface area contributed by atoms with Crippen molar-refractivity contribution in [1.29, 1.82) is 0 Å². The molecule has 0 amide bonds. The molecular weight excluding hydrogens is 200 g/mol. The Morgan fingerprint density at radius 3 is 2.75 bits per heavy atom. The molecule has 1 aliphatic rings. The quantitative estimate of drug-likeness (QED) is 0.847. The van der Waals surface area contributed by atoms with E-state index in [1.54, 1.807) is 6.92 Å². The summed E-state index contributed by atoms with van der Waals surface area (Å²) in [6, 6.07) is 4.24. The van der Waals surface area contributed by atoms with Crippen molar-refractivity contribution in [2.45, 2.75) is 39.5 Å². The number of carbonyl (C=O) groups is 1. The standard InChI is InChI=1S/C14H18O2/c1-9-6-7-11(8-10(2)14(15)16)13-5-3-4-12(9)13/h6-7,10H,3-5,8H2,1-2H3,(H,15,16). The third kappa shape index (κ3) is 1.97. The maximum Gasteiger partial charge on any atom is 0.306 e. The highest BCUT2D eigenvalue weighted by Crippen LogP contribution is 2.29. The zero-order valence-electron chi connectivity index (χ0n) is 9.92. The Morgan fingerprint density at radius 2 is 2.06 bits per heavy atom. The van der Waals surface area contributed by atoms with Gasteiger partial charge in [-0.2, -0.15) is 0 Å². The number of benzene rings is 1. The first-order chi connectivity index (χ1) is 7.59. The van der Waals surface area contributed by atoms with Crippen molar-refractivity contribution >= 4 is 5.97 Å². The molecule has 86 valence electrons. The highest BCUT2D eigenvalue weighted by molar-refractivity contribution is 5.70. The molecule has 0 spiro atoms. The molecular formula is C14H18O2. The second kappa shape index (κ2) is 4.28. The first-order valence-electron chi connectivity index (χ1n) is 5.92. The first-order valence-corrected chi connectivity index (χ1v) is 5.92. The second-order valence-electron chi connectivity index (χ2n) is 4.80. The Morgan fingerprint density at radius 1 is 1.38 bits per heavy atom. The maximum atomic E-state index is 10.9. The third-order valence-corrected chi connectivity index (χ3v) is 3.56. The fourth-order valence-corrected chi connectivity index (χ4v) is 2.57. The Kier molecular flexibility index (Phi) is 2.99. The predicted molar refractivity (Wildman–Crippen MR) is 63.7 cm³/mol. The minimum absolute atomic E-state index is 0.285. The molecule has 1 aromatic carbocycles. The molecule has 2 heteroatoms. The fraction of sp³-hybridized carbons (Fsp3) is 0.500. The van der Waals surface area contributed by atoms with Gasteiger partial charge in [0.1, 0.15) is 0 Å². The average molecular weight is 218 g/mol. The number of fused-ring (bicyclic) bond motifs is 1. The summed E-state index contributed by atoms with van der Waals surface area (Å²) < 4.78 is 0. The van der Waals surface area contributed by atoms with E-state index in [0.29, 0.717) is 6.42 Å². The van der Waals surface area contributed by atoms with Gasteiger partial charge in [-0.15, -0.1) is 0 Å². The van der Waals surface area contributed by atoms with E-state index >= 15 is 0 Å². The number of aryl methyl sites for hydroxylation is 1. The molecule has 0 bridgehead atoms. The van der Waals surface area contributed by atoms with Crippen molar-refractivity contribution in [2.75, 3.05) is 0 Å². The summed E-state index contributed by atoms with van der Waals surface area (Å²) in [4.78, 5) is 10.9. The van der Waals surface area contributed by atoms with Gasteiger partial charge < -0.3 is 5.11 Å². The van der Waals surface area contributed by atoms with Gasteiger partial charge in [0.05, 0.1) is 5.92 Å². The number of aliphatic carboxylic acids is 1. The molecule has 0 fully saturated rings. The van der Waals surface area contributed by atoms with Gasteiger partial charge in [0.25, 0.3) is 0 Å². The largest absolute Gasteiger partial charge is 0.481 e. The van der Waals surface area contributed by atoms with Crippen molar-refractivity contribution in [3.63, 3.8) is 0 Å². The second-order valence-corrected chi connectivity index (χ2v) is 4.80. The molecule has 1 atom stereocenters. The van der Waals surface area contributed by atoms with Gasteiger partial charge in [-0.1, -0.05) is 19.1 Å². The molecule has 1 aliphatic carbocycles. The first kappa shape index (κ1) is 11.2. The van der Waals surface area contributed by atoms with Crippen LogP contribution in [-0.4, -0.2) is 11.1 Å². The predicted octanol–water partition coefficient (Wildman–Crippen LogP) is 2.75. The minimum atomic E-state index is -0.702. The molecule has 1 N–H and O–H groups in total. The van der Waals surface area contributed by atoms with Gasteiger partial charge in [0, 0.05) is 0 Å². The van der Waals surface area contributed by atoms with E-state index in [1.165, 1.54) is 28.7 Å². The van der Waals surface area contributed by atoms with Gasteiger partial charge in [0.15, 0.2) is 0 Å². The normalized spacial score (nSPS) is 15.9. The third-order valence-electron chi connectivity index (χ3n) is 3.56. The van der Waals surface area contributed by atoms with Gasteiger partial charge >= 0.3 is 5.97 Å². The Hall–Kier alpha value is -1.31. The molecule has 16 heavy (non-hydrogen) atoms. The van der Waals surface area contributed by atoms with E-state index < -0.39 is 5.97 Å². The van der Waals surface area contributed by atoms with E-state index in [0.717, 1.165) is 12.8 Å². The van der Waals surface area contributed by atoms with Crippen LogP contribution in [0.3, 0.4) is 0 Å². The van der Waals surface area contributed by atoms with Crippen LogP contribution in [0.25, 0.3) is 0 Å². The van der Waals surface area contributed by atoms with Crippen molar-refractivity contribution < 1.29 is 9.90 Å². The summed E-state index contributed by atoms with van der Waals surface area (Å²) in [5, 5.41) is 8.95. The van der Waals surface area contributed by atoms with Gasteiger partial charge in [0.2, 0.25) is 0 Å². The molecule has 0 radical (unpaired) electrons. The Bertz CT molecular complexity index is 421. The fourth-order valence-electron chi connectivity index (χ4n) is 2.57. The van der Waals surface area contributed by atoms with Crippen LogP contribution in [0.1, 0.15) is 35.6 Å². The van der Waals surface area contributed by atoms with Crippen LogP contribution >= 0.6 is 0 Å². The molecule has 0 saturated heterocycles. The average Bonchev–Trinajstić information content (AvgIpc) is 2.71. The lowest BCUT2D eigenvalue weighted by Crippen LogP contribution is -2.13. The summed E-state index contributed by atoms with van der Waals surface area (Å²) in [6.45, 7) is 3.93. The maximum absolute atomic E-state index is 10.9. The van der Waals surface area contributed by atoms with E-state index in [2.05, 4.69) is 19.1 Å². The topological polar surface area (TPSA) is 37.3 Å².